The summed E-state index contributed by atoms with van der Waals surface area (Å²) in [5, 5.41) is 13.3. The molecule has 0 aliphatic rings. The summed E-state index contributed by atoms with van der Waals surface area (Å²) in [6.07, 6.45) is 0. The predicted octanol–water partition coefficient (Wildman–Crippen LogP) is 1.54. The highest BCUT2D eigenvalue weighted by Crippen LogP contribution is 2.16. The van der Waals surface area contributed by atoms with Gasteiger partial charge in [0.15, 0.2) is 6.61 Å². The zero-order chi connectivity index (χ0) is 9.80. The highest BCUT2D eigenvalue weighted by atomic mass is 79.9. The van der Waals surface area contributed by atoms with Crippen molar-refractivity contribution < 1.29 is 4.74 Å². The number of aromatic nitrogens is 4. The molecule has 0 aliphatic heterocycles. The van der Waals surface area contributed by atoms with E-state index in [0.29, 0.717) is 12.4 Å². The zero-order valence-electron chi connectivity index (χ0n) is 7.14. The van der Waals surface area contributed by atoms with Gasteiger partial charge in [0.25, 0.3) is 0 Å². The van der Waals surface area contributed by atoms with Crippen molar-refractivity contribution in [1.29, 1.82) is 0 Å². The first kappa shape index (κ1) is 9.14. The van der Waals surface area contributed by atoms with E-state index in [1.54, 1.807) is 0 Å². The lowest BCUT2D eigenvalue weighted by molar-refractivity contribution is 0.296. The van der Waals surface area contributed by atoms with Crippen molar-refractivity contribution in [3.8, 4) is 5.75 Å². The van der Waals surface area contributed by atoms with E-state index in [4.69, 9.17) is 4.74 Å². The third-order valence-electron chi connectivity index (χ3n) is 1.57. The summed E-state index contributed by atoms with van der Waals surface area (Å²) in [5.41, 5.74) is 0. The van der Waals surface area contributed by atoms with Gasteiger partial charge in [0.1, 0.15) is 5.75 Å². The van der Waals surface area contributed by atoms with Crippen molar-refractivity contribution >= 4 is 15.9 Å². The molecule has 2 rings (SSSR count). The first-order valence-corrected chi connectivity index (χ1v) is 4.74. The second-order valence-corrected chi connectivity index (χ2v) is 3.49. The van der Waals surface area contributed by atoms with Crippen molar-refractivity contribution in [3.63, 3.8) is 0 Å². The number of ether oxygens (including phenoxy) is 1. The van der Waals surface area contributed by atoms with Crippen molar-refractivity contribution in [2.75, 3.05) is 0 Å². The molecule has 1 aromatic heterocycles. The molecule has 1 aromatic carbocycles. The SMILES string of the molecule is Brc1ccc(OCc2nn[nH]n2)cc1. The molecule has 0 saturated heterocycles. The van der Waals surface area contributed by atoms with Crippen LogP contribution in [0.5, 0.6) is 5.75 Å². The summed E-state index contributed by atoms with van der Waals surface area (Å²) < 4.78 is 6.42. The molecule has 0 spiro atoms. The fraction of sp³-hybridized carbons (Fsp3) is 0.125. The van der Waals surface area contributed by atoms with E-state index in [1.807, 2.05) is 24.3 Å². The minimum Gasteiger partial charge on any atom is -0.485 e. The van der Waals surface area contributed by atoms with Gasteiger partial charge in [-0.3, -0.25) is 0 Å². The maximum absolute atomic E-state index is 5.40. The van der Waals surface area contributed by atoms with Gasteiger partial charge >= 0.3 is 0 Å². The normalized spacial score (nSPS) is 10.1. The molecule has 0 radical (unpaired) electrons. The van der Waals surface area contributed by atoms with Gasteiger partial charge in [0.05, 0.1) is 0 Å². The number of nitrogens with one attached hydrogen (secondary N) is 1. The van der Waals surface area contributed by atoms with Crippen LogP contribution in [0, 0.1) is 0 Å². The Labute approximate surface area is 88.6 Å². The second-order valence-electron chi connectivity index (χ2n) is 2.57. The molecular formula is C8H7BrN4O. The maximum atomic E-state index is 5.40. The molecule has 5 nitrogen and oxygen atoms in total. The number of benzene rings is 1. The molecule has 0 saturated carbocycles. The minimum atomic E-state index is 0.318. The molecular weight excluding hydrogens is 248 g/mol. The first-order valence-electron chi connectivity index (χ1n) is 3.95. The predicted molar refractivity (Wildman–Crippen MR) is 52.7 cm³/mol. The Bertz CT molecular complexity index is 386. The molecule has 0 fully saturated rings. The van der Waals surface area contributed by atoms with E-state index in [0.717, 1.165) is 10.2 Å². The molecule has 0 bridgehead atoms. The second kappa shape index (κ2) is 4.19. The van der Waals surface area contributed by atoms with Gasteiger partial charge in [0.2, 0.25) is 5.82 Å². The average molecular weight is 255 g/mol. The summed E-state index contributed by atoms with van der Waals surface area (Å²) in [7, 11) is 0. The van der Waals surface area contributed by atoms with Crippen LogP contribution in [0.25, 0.3) is 0 Å². The number of H-pyrrole nitrogens is 1. The Morgan fingerprint density at radius 1 is 1.29 bits per heavy atom. The van der Waals surface area contributed by atoms with Gasteiger partial charge in [0, 0.05) is 4.47 Å². The number of nitrogens with zero attached hydrogens (tertiary/aromatic N) is 3. The van der Waals surface area contributed by atoms with Crippen LogP contribution in [-0.4, -0.2) is 20.6 Å². The van der Waals surface area contributed by atoms with Gasteiger partial charge < -0.3 is 4.74 Å². The van der Waals surface area contributed by atoms with Gasteiger partial charge in [-0.15, -0.1) is 10.2 Å². The molecule has 0 aliphatic carbocycles. The highest BCUT2D eigenvalue weighted by molar-refractivity contribution is 9.10. The summed E-state index contributed by atoms with van der Waals surface area (Å²) >= 11 is 3.34. The van der Waals surface area contributed by atoms with Crippen molar-refractivity contribution in [3.05, 3.63) is 34.6 Å². The molecule has 2 aromatic rings. The van der Waals surface area contributed by atoms with Crippen molar-refractivity contribution in [1.82, 2.24) is 20.6 Å². The lowest BCUT2D eigenvalue weighted by Gasteiger charge is -2.02. The molecule has 0 atom stereocenters. The Hall–Kier alpha value is -1.43. The fourth-order valence-electron chi connectivity index (χ4n) is 0.922. The molecule has 0 unspecified atom stereocenters. The first-order chi connectivity index (χ1) is 6.84. The van der Waals surface area contributed by atoms with Crippen LogP contribution in [0.2, 0.25) is 0 Å². The number of tetrazole rings is 1. The molecule has 72 valence electrons. The minimum absolute atomic E-state index is 0.318. The average Bonchev–Trinajstić information content (AvgIpc) is 2.70. The van der Waals surface area contributed by atoms with Gasteiger partial charge in [-0.25, -0.2) is 0 Å². The standard InChI is InChI=1S/C8H7BrN4O/c9-6-1-3-7(4-2-6)14-5-8-10-12-13-11-8/h1-4H,5H2,(H,10,11,12,13). The Kier molecular flexibility index (Phi) is 2.73. The van der Waals surface area contributed by atoms with Crippen LogP contribution in [0.3, 0.4) is 0 Å². The lowest BCUT2D eigenvalue weighted by atomic mass is 10.3. The van der Waals surface area contributed by atoms with Crippen LogP contribution >= 0.6 is 15.9 Å². The Morgan fingerprint density at radius 2 is 2.07 bits per heavy atom. The van der Waals surface area contributed by atoms with E-state index >= 15 is 0 Å². The van der Waals surface area contributed by atoms with Gasteiger partial charge in [-0.2, -0.15) is 5.21 Å². The summed E-state index contributed by atoms with van der Waals surface area (Å²) in [5.74, 6) is 1.31. The largest absolute Gasteiger partial charge is 0.485 e. The van der Waals surface area contributed by atoms with E-state index in [2.05, 4.69) is 36.6 Å². The van der Waals surface area contributed by atoms with E-state index in [9.17, 15) is 0 Å². The molecule has 0 amide bonds. The number of halogens is 1. The van der Waals surface area contributed by atoms with Crippen LogP contribution in [0.4, 0.5) is 0 Å². The van der Waals surface area contributed by atoms with E-state index in [-0.39, 0.29) is 0 Å². The van der Waals surface area contributed by atoms with Crippen LogP contribution < -0.4 is 4.74 Å². The summed E-state index contributed by atoms with van der Waals surface area (Å²) in [6, 6.07) is 7.55. The highest BCUT2D eigenvalue weighted by Gasteiger charge is 1.99. The van der Waals surface area contributed by atoms with E-state index in [1.165, 1.54) is 0 Å². The maximum Gasteiger partial charge on any atom is 0.211 e. The van der Waals surface area contributed by atoms with E-state index < -0.39 is 0 Å². The van der Waals surface area contributed by atoms with Crippen LogP contribution in [0.1, 0.15) is 5.82 Å². The van der Waals surface area contributed by atoms with Crippen molar-refractivity contribution in [2.45, 2.75) is 6.61 Å². The fourth-order valence-corrected chi connectivity index (χ4v) is 1.19. The van der Waals surface area contributed by atoms with Gasteiger partial charge in [-0.1, -0.05) is 21.1 Å². The number of aromatic amines is 1. The molecule has 1 heterocycles. The monoisotopic (exact) mass is 254 g/mol. The number of hydrogen-bond donors (Lipinski definition) is 1. The quantitative estimate of drug-likeness (QED) is 0.903. The lowest BCUT2D eigenvalue weighted by Crippen LogP contribution is -1.97. The van der Waals surface area contributed by atoms with Crippen LogP contribution in [-0.2, 0) is 6.61 Å². The molecule has 14 heavy (non-hydrogen) atoms. The molecule has 1 N–H and O–H groups in total. The third kappa shape index (κ3) is 2.29. The smallest absolute Gasteiger partial charge is 0.211 e. The summed E-state index contributed by atoms with van der Waals surface area (Å²) in [4.78, 5) is 0. The van der Waals surface area contributed by atoms with Crippen LogP contribution in [0.15, 0.2) is 28.7 Å². The zero-order valence-corrected chi connectivity index (χ0v) is 8.73. The van der Waals surface area contributed by atoms with Crippen molar-refractivity contribution in [2.24, 2.45) is 0 Å². The third-order valence-corrected chi connectivity index (χ3v) is 2.10. The number of rotatable bonds is 3. The van der Waals surface area contributed by atoms with Gasteiger partial charge in [-0.05, 0) is 24.3 Å². The summed E-state index contributed by atoms with van der Waals surface area (Å²) in [6.45, 7) is 0.318. The molecule has 6 heteroatoms. The number of hydrogen-bond acceptors (Lipinski definition) is 4. The Balaban J connectivity index is 1.95. The Morgan fingerprint density at radius 3 is 2.71 bits per heavy atom. The topological polar surface area (TPSA) is 63.7 Å².